The quantitative estimate of drug-likeness (QED) is 0.388. The molecule has 0 bridgehead atoms. The Morgan fingerprint density at radius 2 is 1.63 bits per heavy atom. The van der Waals surface area contributed by atoms with Crippen LogP contribution >= 0.6 is 0 Å². The highest BCUT2D eigenvalue weighted by Gasteiger charge is 2.27. The van der Waals surface area contributed by atoms with Crippen LogP contribution in [0.2, 0.25) is 0 Å². The van der Waals surface area contributed by atoms with E-state index in [1.807, 2.05) is 18.7 Å². The molecule has 0 saturated carbocycles. The minimum atomic E-state index is -0.236. The van der Waals surface area contributed by atoms with Gasteiger partial charge in [0.05, 0.1) is 25.8 Å². The van der Waals surface area contributed by atoms with Crippen LogP contribution in [0.1, 0.15) is 78.3 Å². The number of carbonyl (C=O) groups is 2. The van der Waals surface area contributed by atoms with Gasteiger partial charge in [-0.05, 0) is 103 Å². The largest absolute Gasteiger partial charge is 0.469 e. The molecule has 1 amide bonds. The topological polar surface area (TPSA) is 59.0 Å². The average Bonchev–Trinajstić information content (AvgIpc) is 3.76. The third-order valence-corrected chi connectivity index (χ3v) is 8.41. The zero-order valence-corrected chi connectivity index (χ0v) is 23.3. The highest BCUT2D eigenvalue weighted by molar-refractivity contribution is 6.10. The Hall–Kier alpha value is -3.73. The fourth-order valence-electron chi connectivity index (χ4n) is 5.79. The van der Waals surface area contributed by atoms with Crippen molar-refractivity contribution in [1.29, 1.82) is 0 Å². The summed E-state index contributed by atoms with van der Waals surface area (Å²) < 4.78 is 5.08. The second kappa shape index (κ2) is 10.2. The van der Waals surface area contributed by atoms with E-state index in [-0.39, 0.29) is 24.2 Å². The van der Waals surface area contributed by atoms with Crippen molar-refractivity contribution in [2.75, 3.05) is 20.2 Å². The number of aryl methyl sites for hydroxylation is 3. The minimum absolute atomic E-state index is 0.100. The number of rotatable bonds is 6. The molecule has 0 aliphatic carbocycles. The second-order valence-corrected chi connectivity index (χ2v) is 10.8. The molecule has 5 nitrogen and oxygen atoms in total. The maximum Gasteiger partial charge on any atom is 0.306 e. The Labute approximate surface area is 225 Å². The van der Waals surface area contributed by atoms with Gasteiger partial charge in [0.25, 0.3) is 5.91 Å². The maximum absolute atomic E-state index is 13.8. The molecule has 38 heavy (non-hydrogen) atoms. The lowest BCUT2D eigenvalue weighted by molar-refractivity contribution is -0.140. The van der Waals surface area contributed by atoms with Crippen LogP contribution in [-0.2, 0) is 22.5 Å². The van der Waals surface area contributed by atoms with Gasteiger partial charge < -0.3 is 9.64 Å². The van der Waals surface area contributed by atoms with E-state index in [4.69, 9.17) is 4.74 Å². The Balaban J connectivity index is 1.48. The Kier molecular flexibility index (Phi) is 6.95. The van der Waals surface area contributed by atoms with Crippen molar-refractivity contribution in [3.05, 3.63) is 104 Å². The number of carbonyl (C=O) groups excluding carboxylic acids is 2. The van der Waals surface area contributed by atoms with Gasteiger partial charge in [0.15, 0.2) is 0 Å². The van der Waals surface area contributed by atoms with Gasteiger partial charge in [-0.15, -0.1) is 0 Å². The third-order valence-electron chi connectivity index (χ3n) is 8.41. The number of methoxy groups -OCH3 is 1. The van der Waals surface area contributed by atoms with Crippen LogP contribution in [0.3, 0.4) is 0 Å². The van der Waals surface area contributed by atoms with Gasteiger partial charge in [0, 0.05) is 24.6 Å². The van der Waals surface area contributed by atoms with E-state index in [1.54, 1.807) is 0 Å². The molecule has 5 rings (SSSR count). The van der Waals surface area contributed by atoms with Crippen LogP contribution in [-0.4, -0.2) is 42.7 Å². The molecule has 0 saturated heterocycles. The molecule has 3 aromatic carbocycles. The van der Waals surface area contributed by atoms with Gasteiger partial charge in [-0.1, -0.05) is 36.4 Å². The van der Waals surface area contributed by atoms with E-state index in [2.05, 4.69) is 68.2 Å². The first-order valence-electron chi connectivity index (χ1n) is 13.4. The Bertz CT molecular complexity index is 1460. The lowest BCUT2D eigenvalue weighted by Crippen LogP contribution is -2.37. The SMILES string of the molecule is COC(=O)CC(c1ccc2c(c1)CN(C(=O)c1c(C)c(C)cc(C)c1C)CC2)c1ccc(C2=NC2)cc1C. The fraction of sp³-hybridized carbons (Fsp3) is 0.364. The number of fused-ring (bicyclic) bond motifs is 1. The average molecular weight is 509 g/mol. The number of amides is 1. The first-order valence-corrected chi connectivity index (χ1v) is 13.4. The molecule has 1 atom stereocenters. The normalized spacial score (nSPS) is 15.0. The van der Waals surface area contributed by atoms with E-state index in [1.165, 1.54) is 12.7 Å². The lowest BCUT2D eigenvalue weighted by Gasteiger charge is -2.31. The predicted octanol–water partition coefficient (Wildman–Crippen LogP) is 5.92. The number of ether oxygens (including phenoxy) is 1. The smallest absolute Gasteiger partial charge is 0.306 e. The monoisotopic (exact) mass is 508 g/mol. The van der Waals surface area contributed by atoms with Crippen molar-refractivity contribution >= 4 is 17.6 Å². The van der Waals surface area contributed by atoms with E-state index < -0.39 is 0 Å². The van der Waals surface area contributed by atoms with Crippen molar-refractivity contribution in [2.24, 2.45) is 4.99 Å². The summed E-state index contributed by atoms with van der Waals surface area (Å²) in [5.74, 6) is -0.262. The summed E-state index contributed by atoms with van der Waals surface area (Å²) in [6, 6.07) is 15.1. The lowest BCUT2D eigenvalue weighted by atomic mass is 9.83. The number of nitrogens with zero attached hydrogens (tertiary/aromatic N) is 2. The van der Waals surface area contributed by atoms with E-state index in [0.29, 0.717) is 13.1 Å². The van der Waals surface area contributed by atoms with Crippen molar-refractivity contribution in [2.45, 2.75) is 59.9 Å². The highest BCUT2D eigenvalue weighted by atomic mass is 16.5. The molecular formula is C33H36N2O3. The molecule has 2 aliphatic heterocycles. The molecule has 2 heterocycles. The zero-order chi connectivity index (χ0) is 27.1. The van der Waals surface area contributed by atoms with Crippen LogP contribution in [0, 0.1) is 34.6 Å². The van der Waals surface area contributed by atoms with Crippen molar-refractivity contribution in [3.63, 3.8) is 0 Å². The van der Waals surface area contributed by atoms with Crippen LogP contribution in [0.25, 0.3) is 0 Å². The molecule has 0 aromatic heterocycles. The van der Waals surface area contributed by atoms with Gasteiger partial charge in [-0.2, -0.15) is 0 Å². The zero-order valence-electron chi connectivity index (χ0n) is 23.3. The Morgan fingerprint density at radius 3 is 2.26 bits per heavy atom. The highest BCUT2D eigenvalue weighted by Crippen LogP contribution is 2.34. The first kappa shape index (κ1) is 25.9. The first-order chi connectivity index (χ1) is 18.2. The van der Waals surface area contributed by atoms with Gasteiger partial charge in [-0.25, -0.2) is 0 Å². The standard InChI is InChI=1S/C33H36N2O3/c1-19-13-20(2)23(5)32(22(19)4)33(37)35-12-11-24-7-8-25(15-27(24)18-35)29(16-31(36)38-6)28-10-9-26(14-21(28)3)30-17-34-30/h7-10,13-15,29H,11-12,16-18H2,1-6H3. The van der Waals surface area contributed by atoms with Gasteiger partial charge in [0.1, 0.15) is 0 Å². The van der Waals surface area contributed by atoms with Crippen LogP contribution in [0.15, 0.2) is 47.5 Å². The summed E-state index contributed by atoms with van der Waals surface area (Å²) in [4.78, 5) is 32.6. The Morgan fingerprint density at radius 1 is 0.921 bits per heavy atom. The summed E-state index contributed by atoms with van der Waals surface area (Å²) in [6.07, 6.45) is 1.09. The van der Waals surface area contributed by atoms with E-state index in [9.17, 15) is 9.59 Å². The summed E-state index contributed by atoms with van der Waals surface area (Å²) in [5, 5.41) is 0. The van der Waals surface area contributed by atoms with Gasteiger partial charge >= 0.3 is 5.97 Å². The van der Waals surface area contributed by atoms with Crippen molar-refractivity contribution in [1.82, 2.24) is 4.90 Å². The molecule has 3 aromatic rings. The summed E-state index contributed by atoms with van der Waals surface area (Å²) in [6.45, 7) is 12.4. The second-order valence-electron chi connectivity index (χ2n) is 10.8. The molecular weight excluding hydrogens is 472 g/mol. The van der Waals surface area contributed by atoms with E-state index >= 15 is 0 Å². The van der Waals surface area contributed by atoms with Crippen molar-refractivity contribution in [3.8, 4) is 0 Å². The van der Waals surface area contributed by atoms with Crippen molar-refractivity contribution < 1.29 is 14.3 Å². The molecule has 0 spiro atoms. The molecule has 0 radical (unpaired) electrons. The molecule has 5 heteroatoms. The summed E-state index contributed by atoms with van der Waals surface area (Å²) in [5.41, 5.74) is 13.3. The number of benzene rings is 3. The molecule has 196 valence electrons. The third kappa shape index (κ3) is 4.90. The van der Waals surface area contributed by atoms with Crippen LogP contribution in [0.4, 0.5) is 0 Å². The summed E-state index contributed by atoms with van der Waals surface area (Å²) >= 11 is 0. The predicted molar refractivity (Wildman–Crippen MR) is 151 cm³/mol. The van der Waals surface area contributed by atoms with Crippen LogP contribution < -0.4 is 0 Å². The number of hydrogen-bond acceptors (Lipinski definition) is 4. The molecule has 2 aliphatic rings. The minimum Gasteiger partial charge on any atom is -0.469 e. The van der Waals surface area contributed by atoms with Gasteiger partial charge in [0.2, 0.25) is 0 Å². The number of esters is 1. The van der Waals surface area contributed by atoms with Crippen LogP contribution in [0.5, 0.6) is 0 Å². The number of aliphatic imine (C=N–C) groups is 1. The molecule has 1 unspecified atom stereocenters. The van der Waals surface area contributed by atoms with Gasteiger partial charge in [-0.3, -0.25) is 14.6 Å². The van der Waals surface area contributed by atoms with E-state index in [0.717, 1.165) is 74.3 Å². The maximum atomic E-state index is 13.8. The number of hydrogen-bond donors (Lipinski definition) is 0. The molecule has 0 fully saturated rings. The summed E-state index contributed by atoms with van der Waals surface area (Å²) in [7, 11) is 1.44. The molecule has 0 N–H and O–H groups in total. The fourth-order valence-corrected chi connectivity index (χ4v) is 5.79.